The first kappa shape index (κ1) is 17.5. The summed E-state index contributed by atoms with van der Waals surface area (Å²) < 4.78 is 1.90. The van der Waals surface area contributed by atoms with Gasteiger partial charge in [-0.3, -0.25) is 4.79 Å². The normalized spacial score (nSPS) is 17.2. The Morgan fingerprint density at radius 2 is 2.12 bits per heavy atom. The lowest BCUT2D eigenvalue weighted by Gasteiger charge is -2.26. The van der Waals surface area contributed by atoms with E-state index in [4.69, 9.17) is 11.6 Å². The number of hydrogen-bond acceptors (Lipinski definition) is 5. The van der Waals surface area contributed by atoms with Gasteiger partial charge in [-0.2, -0.15) is 5.26 Å². The number of nitrogens with one attached hydrogen (secondary N) is 1. The maximum atomic E-state index is 12.3. The molecule has 1 amide bonds. The van der Waals surface area contributed by atoms with Crippen molar-refractivity contribution in [3.63, 3.8) is 0 Å². The zero-order valence-electron chi connectivity index (χ0n) is 13.2. The summed E-state index contributed by atoms with van der Waals surface area (Å²) in [6.07, 6.45) is 5.78. The Morgan fingerprint density at radius 3 is 2.83 bits per heavy atom. The van der Waals surface area contributed by atoms with Crippen molar-refractivity contribution in [2.75, 3.05) is 5.75 Å². The van der Waals surface area contributed by atoms with E-state index in [0.29, 0.717) is 5.02 Å². The summed E-state index contributed by atoms with van der Waals surface area (Å²) in [5.74, 6) is 0.178. The van der Waals surface area contributed by atoms with Gasteiger partial charge >= 0.3 is 0 Å². The molecular weight excluding hydrogens is 362 g/mol. The van der Waals surface area contributed by atoms with Gasteiger partial charge in [0.2, 0.25) is 5.91 Å². The van der Waals surface area contributed by atoms with Crippen LogP contribution in [0.2, 0.25) is 5.02 Å². The third-order valence-corrected chi connectivity index (χ3v) is 6.62. The molecular formula is C17H18ClN3OS2. The minimum Gasteiger partial charge on any atom is -0.337 e. The molecule has 126 valence electrons. The van der Waals surface area contributed by atoms with E-state index < -0.39 is 5.54 Å². The van der Waals surface area contributed by atoms with Crippen molar-refractivity contribution in [1.29, 1.82) is 5.26 Å². The van der Waals surface area contributed by atoms with Crippen LogP contribution < -0.4 is 5.32 Å². The predicted molar refractivity (Wildman–Crippen MR) is 99.5 cm³/mol. The molecule has 0 bridgehead atoms. The summed E-state index contributed by atoms with van der Waals surface area (Å²) >= 11 is 8.93. The van der Waals surface area contributed by atoms with Crippen LogP contribution in [-0.4, -0.2) is 22.2 Å². The van der Waals surface area contributed by atoms with Gasteiger partial charge in [0.15, 0.2) is 4.34 Å². The summed E-state index contributed by atoms with van der Waals surface area (Å²) in [4.78, 5) is 16.8. The number of carbonyl (C=O) groups excluding carboxylic acids is 1. The topological polar surface area (TPSA) is 65.8 Å². The Hall–Kier alpha value is -1.29. The van der Waals surface area contributed by atoms with Crippen LogP contribution in [0.15, 0.2) is 22.5 Å². The molecule has 4 nitrogen and oxygen atoms in total. The predicted octanol–water partition coefficient (Wildman–Crippen LogP) is 4.77. The molecule has 0 atom stereocenters. The minimum atomic E-state index is -0.685. The van der Waals surface area contributed by atoms with E-state index in [2.05, 4.69) is 16.4 Å². The summed E-state index contributed by atoms with van der Waals surface area (Å²) in [5.41, 5.74) is 0.169. The van der Waals surface area contributed by atoms with Crippen molar-refractivity contribution in [1.82, 2.24) is 10.3 Å². The Bertz CT molecular complexity index is 776. The van der Waals surface area contributed by atoms with Crippen LogP contribution in [0, 0.1) is 11.3 Å². The van der Waals surface area contributed by atoms with Crippen LogP contribution in [0.5, 0.6) is 0 Å². The molecule has 0 spiro atoms. The van der Waals surface area contributed by atoms with Gasteiger partial charge in [0, 0.05) is 5.02 Å². The number of thiazole rings is 1. The van der Waals surface area contributed by atoms with Gasteiger partial charge in [-0.15, -0.1) is 11.3 Å². The first-order chi connectivity index (χ1) is 11.6. The molecule has 1 aromatic heterocycles. The second-order valence-corrected chi connectivity index (χ2v) is 8.73. The van der Waals surface area contributed by atoms with Crippen LogP contribution in [0.4, 0.5) is 0 Å². The highest BCUT2D eigenvalue weighted by Crippen LogP contribution is 2.31. The lowest BCUT2D eigenvalue weighted by atomic mass is 9.92. The number of amides is 1. The molecule has 1 aliphatic rings. The molecule has 1 aliphatic carbocycles. The van der Waals surface area contributed by atoms with Crippen molar-refractivity contribution in [3.8, 4) is 6.07 Å². The molecule has 1 fully saturated rings. The van der Waals surface area contributed by atoms with Crippen LogP contribution >= 0.6 is 34.7 Å². The first-order valence-electron chi connectivity index (χ1n) is 8.01. The van der Waals surface area contributed by atoms with Crippen molar-refractivity contribution < 1.29 is 4.79 Å². The SMILES string of the molecule is N#CC1(NC(=O)CSc2nc3cc(Cl)ccc3s2)CCCCCC1. The Morgan fingerprint density at radius 1 is 1.38 bits per heavy atom. The molecule has 2 aromatic rings. The number of carbonyl (C=O) groups is 1. The van der Waals surface area contributed by atoms with E-state index >= 15 is 0 Å². The molecule has 3 rings (SSSR count). The summed E-state index contributed by atoms with van der Waals surface area (Å²) in [6, 6.07) is 7.95. The highest BCUT2D eigenvalue weighted by Gasteiger charge is 2.32. The second-order valence-electron chi connectivity index (χ2n) is 6.04. The number of thioether (sulfide) groups is 1. The lowest BCUT2D eigenvalue weighted by molar-refractivity contribution is -0.120. The zero-order chi connectivity index (χ0) is 17.0. The molecule has 1 aromatic carbocycles. The average molecular weight is 380 g/mol. The average Bonchev–Trinajstić information content (AvgIpc) is 2.82. The number of halogens is 1. The number of hydrogen-bond donors (Lipinski definition) is 1. The number of benzene rings is 1. The molecule has 1 saturated carbocycles. The van der Waals surface area contributed by atoms with E-state index in [0.717, 1.165) is 53.1 Å². The monoisotopic (exact) mass is 379 g/mol. The molecule has 7 heteroatoms. The van der Waals surface area contributed by atoms with Crippen LogP contribution in [-0.2, 0) is 4.79 Å². The van der Waals surface area contributed by atoms with Gasteiger partial charge in [-0.25, -0.2) is 4.98 Å². The Kier molecular flexibility index (Phi) is 5.65. The minimum absolute atomic E-state index is 0.0965. The van der Waals surface area contributed by atoms with E-state index in [1.807, 2.05) is 18.2 Å². The lowest BCUT2D eigenvalue weighted by Crippen LogP contribution is -2.47. The number of nitriles is 1. The van der Waals surface area contributed by atoms with Gasteiger partial charge < -0.3 is 5.32 Å². The second kappa shape index (κ2) is 7.73. The van der Waals surface area contributed by atoms with E-state index in [9.17, 15) is 10.1 Å². The molecule has 1 heterocycles. The number of aromatic nitrogens is 1. The van der Waals surface area contributed by atoms with Crippen LogP contribution in [0.1, 0.15) is 38.5 Å². The van der Waals surface area contributed by atoms with Crippen molar-refractivity contribution in [3.05, 3.63) is 23.2 Å². The van der Waals surface area contributed by atoms with Crippen molar-refractivity contribution >= 4 is 50.8 Å². The molecule has 0 aliphatic heterocycles. The fourth-order valence-corrected chi connectivity index (χ4v) is 4.98. The fraction of sp³-hybridized carbons (Fsp3) is 0.471. The molecule has 24 heavy (non-hydrogen) atoms. The van der Waals surface area contributed by atoms with Gasteiger partial charge in [0.25, 0.3) is 0 Å². The summed E-state index contributed by atoms with van der Waals surface area (Å²) in [5, 5.41) is 13.2. The third kappa shape index (κ3) is 4.21. The fourth-order valence-electron chi connectivity index (χ4n) is 2.97. The Balaban J connectivity index is 1.60. The van der Waals surface area contributed by atoms with Gasteiger partial charge in [-0.1, -0.05) is 49.0 Å². The summed E-state index contributed by atoms with van der Waals surface area (Å²) in [6.45, 7) is 0. The quantitative estimate of drug-likeness (QED) is 0.613. The van der Waals surface area contributed by atoms with E-state index in [1.165, 1.54) is 11.8 Å². The molecule has 0 radical (unpaired) electrons. The van der Waals surface area contributed by atoms with Crippen molar-refractivity contribution in [2.45, 2.75) is 48.4 Å². The number of fused-ring (bicyclic) bond motifs is 1. The van der Waals surface area contributed by atoms with Crippen LogP contribution in [0.3, 0.4) is 0 Å². The van der Waals surface area contributed by atoms with Crippen molar-refractivity contribution in [2.24, 2.45) is 0 Å². The van der Waals surface area contributed by atoms with Gasteiger partial charge in [0.1, 0.15) is 5.54 Å². The standard InChI is InChI=1S/C17H18ClN3OS2/c18-12-5-6-14-13(9-12)20-16(24-14)23-10-15(22)21-17(11-19)7-3-1-2-4-8-17/h5-6,9H,1-4,7-8,10H2,(H,21,22). The van der Waals surface area contributed by atoms with Gasteiger partial charge in [-0.05, 0) is 31.0 Å². The molecule has 0 saturated heterocycles. The zero-order valence-corrected chi connectivity index (χ0v) is 15.6. The molecule has 0 unspecified atom stereocenters. The smallest absolute Gasteiger partial charge is 0.231 e. The molecule has 1 N–H and O–H groups in total. The summed E-state index contributed by atoms with van der Waals surface area (Å²) in [7, 11) is 0. The highest BCUT2D eigenvalue weighted by molar-refractivity contribution is 8.01. The van der Waals surface area contributed by atoms with E-state index in [-0.39, 0.29) is 11.7 Å². The first-order valence-corrected chi connectivity index (χ1v) is 10.2. The Labute approximate surface area is 154 Å². The van der Waals surface area contributed by atoms with Gasteiger partial charge in [0.05, 0.1) is 22.0 Å². The number of rotatable bonds is 4. The highest BCUT2D eigenvalue weighted by atomic mass is 35.5. The maximum absolute atomic E-state index is 12.3. The number of nitrogens with zero attached hydrogens (tertiary/aromatic N) is 2. The third-order valence-electron chi connectivity index (χ3n) is 4.21. The maximum Gasteiger partial charge on any atom is 0.231 e. The van der Waals surface area contributed by atoms with E-state index in [1.54, 1.807) is 11.3 Å². The largest absolute Gasteiger partial charge is 0.337 e. The van der Waals surface area contributed by atoms with Crippen LogP contribution in [0.25, 0.3) is 10.2 Å².